The molecule has 126 valence electrons. The van der Waals surface area contributed by atoms with E-state index in [1.165, 1.54) is 31.4 Å². The second kappa shape index (κ2) is 7.45. The fourth-order valence-corrected chi connectivity index (χ4v) is 2.01. The van der Waals surface area contributed by atoms with Crippen molar-refractivity contribution in [2.75, 3.05) is 19.0 Å². The SMILES string of the molecule is COc1ccc(C(N)=O)c(OCC(=O)Nc2cc(F)ccc2C)c1. The predicted molar refractivity (Wildman–Crippen MR) is 86.8 cm³/mol. The van der Waals surface area contributed by atoms with E-state index < -0.39 is 17.6 Å². The van der Waals surface area contributed by atoms with E-state index in [1.54, 1.807) is 19.1 Å². The first-order valence-corrected chi connectivity index (χ1v) is 7.07. The summed E-state index contributed by atoms with van der Waals surface area (Å²) in [4.78, 5) is 23.4. The van der Waals surface area contributed by atoms with Crippen LogP contribution in [-0.2, 0) is 4.79 Å². The Morgan fingerprint density at radius 3 is 2.62 bits per heavy atom. The van der Waals surface area contributed by atoms with Crippen molar-refractivity contribution in [3.63, 3.8) is 0 Å². The molecule has 0 aromatic heterocycles. The van der Waals surface area contributed by atoms with Gasteiger partial charge in [0.15, 0.2) is 6.61 Å². The van der Waals surface area contributed by atoms with Gasteiger partial charge in [-0.25, -0.2) is 4.39 Å². The summed E-state index contributed by atoms with van der Waals surface area (Å²) in [6, 6.07) is 8.54. The van der Waals surface area contributed by atoms with E-state index in [2.05, 4.69) is 5.32 Å². The minimum absolute atomic E-state index is 0.130. The molecule has 0 saturated heterocycles. The third-order valence-electron chi connectivity index (χ3n) is 3.29. The van der Waals surface area contributed by atoms with E-state index in [0.29, 0.717) is 17.0 Å². The van der Waals surface area contributed by atoms with Gasteiger partial charge in [-0.2, -0.15) is 0 Å². The number of nitrogens with one attached hydrogen (secondary N) is 1. The second-order valence-electron chi connectivity index (χ2n) is 5.02. The maximum absolute atomic E-state index is 13.2. The monoisotopic (exact) mass is 332 g/mol. The highest BCUT2D eigenvalue weighted by Gasteiger charge is 2.13. The Morgan fingerprint density at radius 2 is 1.96 bits per heavy atom. The Bertz CT molecular complexity index is 777. The lowest BCUT2D eigenvalue weighted by molar-refractivity contribution is -0.118. The Labute approximate surface area is 138 Å². The number of nitrogens with two attached hydrogens (primary N) is 1. The number of carbonyl (C=O) groups excluding carboxylic acids is 2. The van der Waals surface area contributed by atoms with Gasteiger partial charge in [0, 0.05) is 11.8 Å². The Kier molecular flexibility index (Phi) is 5.36. The molecule has 0 bridgehead atoms. The largest absolute Gasteiger partial charge is 0.497 e. The molecule has 7 heteroatoms. The van der Waals surface area contributed by atoms with E-state index in [0.717, 1.165) is 0 Å². The maximum Gasteiger partial charge on any atom is 0.262 e. The first-order chi connectivity index (χ1) is 11.4. The molecular weight excluding hydrogens is 315 g/mol. The van der Waals surface area contributed by atoms with Crippen LogP contribution in [0.1, 0.15) is 15.9 Å². The van der Waals surface area contributed by atoms with Gasteiger partial charge in [-0.05, 0) is 36.8 Å². The van der Waals surface area contributed by atoms with Crippen LogP contribution in [0, 0.1) is 12.7 Å². The number of benzene rings is 2. The van der Waals surface area contributed by atoms with Gasteiger partial charge in [-0.3, -0.25) is 9.59 Å². The van der Waals surface area contributed by atoms with Gasteiger partial charge >= 0.3 is 0 Å². The van der Waals surface area contributed by atoms with Gasteiger partial charge < -0.3 is 20.5 Å². The van der Waals surface area contributed by atoms with Gasteiger partial charge in [0.25, 0.3) is 11.8 Å². The van der Waals surface area contributed by atoms with Gasteiger partial charge in [0.1, 0.15) is 17.3 Å². The highest BCUT2D eigenvalue weighted by Crippen LogP contribution is 2.24. The summed E-state index contributed by atoms with van der Waals surface area (Å²) in [6.45, 7) is 1.37. The van der Waals surface area contributed by atoms with E-state index in [9.17, 15) is 14.0 Å². The zero-order valence-corrected chi connectivity index (χ0v) is 13.3. The molecule has 0 heterocycles. The average molecular weight is 332 g/mol. The van der Waals surface area contributed by atoms with Crippen LogP contribution in [0.3, 0.4) is 0 Å². The Morgan fingerprint density at radius 1 is 1.21 bits per heavy atom. The van der Waals surface area contributed by atoms with Gasteiger partial charge in [-0.1, -0.05) is 6.07 Å². The lowest BCUT2D eigenvalue weighted by Crippen LogP contribution is -2.22. The summed E-state index contributed by atoms with van der Waals surface area (Å²) in [5.41, 5.74) is 6.46. The zero-order valence-electron chi connectivity index (χ0n) is 13.3. The first-order valence-electron chi connectivity index (χ1n) is 7.07. The van der Waals surface area contributed by atoms with Crippen molar-refractivity contribution in [1.29, 1.82) is 0 Å². The molecule has 0 saturated carbocycles. The molecule has 2 aromatic carbocycles. The summed E-state index contributed by atoms with van der Waals surface area (Å²) < 4.78 is 23.6. The Hall–Kier alpha value is -3.09. The second-order valence-corrected chi connectivity index (χ2v) is 5.02. The number of aryl methyl sites for hydroxylation is 1. The lowest BCUT2D eigenvalue weighted by Gasteiger charge is -2.12. The number of rotatable bonds is 6. The number of methoxy groups -OCH3 is 1. The van der Waals surface area contributed by atoms with Crippen molar-refractivity contribution in [2.24, 2.45) is 5.73 Å². The smallest absolute Gasteiger partial charge is 0.262 e. The molecule has 6 nitrogen and oxygen atoms in total. The van der Waals surface area contributed by atoms with Crippen LogP contribution in [-0.4, -0.2) is 25.5 Å². The number of ether oxygens (including phenoxy) is 2. The van der Waals surface area contributed by atoms with Crippen molar-refractivity contribution in [1.82, 2.24) is 0 Å². The molecule has 0 radical (unpaired) electrons. The summed E-state index contributed by atoms with van der Waals surface area (Å²) in [7, 11) is 1.46. The molecule has 0 aliphatic heterocycles. The van der Waals surface area contributed by atoms with Crippen molar-refractivity contribution in [3.8, 4) is 11.5 Å². The van der Waals surface area contributed by atoms with E-state index >= 15 is 0 Å². The third kappa shape index (κ3) is 4.22. The van der Waals surface area contributed by atoms with Crippen LogP contribution < -0.4 is 20.5 Å². The Balaban J connectivity index is 2.08. The van der Waals surface area contributed by atoms with Crippen LogP contribution in [0.2, 0.25) is 0 Å². The molecule has 2 aromatic rings. The molecular formula is C17H17FN2O4. The zero-order chi connectivity index (χ0) is 17.7. The van der Waals surface area contributed by atoms with Crippen molar-refractivity contribution >= 4 is 17.5 Å². The molecule has 0 atom stereocenters. The quantitative estimate of drug-likeness (QED) is 0.849. The normalized spacial score (nSPS) is 10.1. The molecule has 3 N–H and O–H groups in total. The summed E-state index contributed by atoms with van der Waals surface area (Å²) in [6.07, 6.45) is 0. The molecule has 0 spiro atoms. The van der Waals surface area contributed by atoms with Crippen LogP contribution in [0.25, 0.3) is 0 Å². The van der Waals surface area contributed by atoms with E-state index in [1.807, 2.05) is 0 Å². The molecule has 2 rings (SSSR count). The van der Waals surface area contributed by atoms with Gasteiger partial charge in [0.2, 0.25) is 0 Å². The minimum atomic E-state index is -0.686. The number of amides is 2. The van der Waals surface area contributed by atoms with Gasteiger partial charge in [0.05, 0.1) is 12.7 Å². The topological polar surface area (TPSA) is 90.7 Å². The number of hydrogen-bond donors (Lipinski definition) is 2. The van der Waals surface area contributed by atoms with Crippen LogP contribution in [0.5, 0.6) is 11.5 Å². The van der Waals surface area contributed by atoms with Crippen LogP contribution in [0.4, 0.5) is 10.1 Å². The van der Waals surface area contributed by atoms with Crippen molar-refractivity contribution < 1.29 is 23.5 Å². The van der Waals surface area contributed by atoms with Crippen LogP contribution in [0.15, 0.2) is 36.4 Å². The average Bonchev–Trinajstić information content (AvgIpc) is 2.55. The molecule has 24 heavy (non-hydrogen) atoms. The van der Waals surface area contributed by atoms with Crippen molar-refractivity contribution in [3.05, 3.63) is 53.3 Å². The lowest BCUT2D eigenvalue weighted by atomic mass is 10.2. The van der Waals surface area contributed by atoms with Crippen LogP contribution >= 0.6 is 0 Å². The fraction of sp³-hybridized carbons (Fsp3) is 0.176. The number of anilines is 1. The number of hydrogen-bond acceptors (Lipinski definition) is 4. The molecule has 0 unspecified atom stereocenters. The number of carbonyl (C=O) groups is 2. The van der Waals surface area contributed by atoms with E-state index in [4.69, 9.17) is 15.2 Å². The number of primary amides is 1. The fourth-order valence-electron chi connectivity index (χ4n) is 2.01. The standard InChI is InChI=1S/C17H17FN2O4/c1-10-3-4-11(18)7-14(10)20-16(21)9-24-15-8-12(23-2)5-6-13(15)17(19)22/h3-8H,9H2,1-2H3,(H2,19,22)(H,20,21). The first kappa shape index (κ1) is 17.3. The van der Waals surface area contributed by atoms with Gasteiger partial charge in [-0.15, -0.1) is 0 Å². The minimum Gasteiger partial charge on any atom is -0.497 e. The summed E-state index contributed by atoms with van der Waals surface area (Å²) in [5, 5.41) is 2.55. The summed E-state index contributed by atoms with van der Waals surface area (Å²) in [5.74, 6) is -1.05. The highest BCUT2D eigenvalue weighted by atomic mass is 19.1. The summed E-state index contributed by atoms with van der Waals surface area (Å²) >= 11 is 0. The van der Waals surface area contributed by atoms with Crippen molar-refractivity contribution in [2.45, 2.75) is 6.92 Å². The maximum atomic E-state index is 13.2. The molecule has 0 aliphatic carbocycles. The molecule has 0 fully saturated rings. The molecule has 2 amide bonds. The molecule has 0 aliphatic rings. The third-order valence-corrected chi connectivity index (χ3v) is 3.29. The highest BCUT2D eigenvalue weighted by molar-refractivity contribution is 5.96. The number of halogens is 1. The van der Waals surface area contributed by atoms with E-state index in [-0.39, 0.29) is 17.9 Å². The predicted octanol–water partition coefficient (Wildman–Crippen LogP) is 2.26.